The summed E-state index contributed by atoms with van der Waals surface area (Å²) in [7, 11) is 1.63. The molecular weight excluding hydrogens is 435 g/mol. The molecule has 0 aliphatic rings. The van der Waals surface area contributed by atoms with E-state index in [2.05, 4.69) is 21.2 Å². The lowest BCUT2D eigenvalue weighted by Gasteiger charge is -2.26. The summed E-state index contributed by atoms with van der Waals surface area (Å²) >= 11 is 3.19. The predicted octanol–water partition coefficient (Wildman–Crippen LogP) is 5.67. The number of carbonyl (C=O) groups is 2. The molecule has 1 atom stereocenters. The highest BCUT2D eigenvalue weighted by Crippen LogP contribution is 2.25. The number of hydrogen-bond donors (Lipinski definition) is 1. The van der Waals surface area contributed by atoms with Gasteiger partial charge in [0.1, 0.15) is 5.82 Å². The number of rotatable bonds is 5. The highest BCUT2D eigenvalue weighted by Gasteiger charge is 2.22. The third-order valence-corrected chi connectivity index (χ3v) is 5.22. The Kier molecular flexibility index (Phi) is 6.44. The molecular formula is C23H20BrFN2O2. The smallest absolute Gasteiger partial charge is 0.257 e. The molecule has 6 heteroatoms. The number of hydrogen-bond acceptors (Lipinski definition) is 2. The van der Waals surface area contributed by atoms with E-state index < -0.39 is 11.7 Å². The van der Waals surface area contributed by atoms with Crippen LogP contribution >= 0.6 is 15.9 Å². The Hall–Kier alpha value is -2.99. The Bertz CT molecular complexity index is 1040. The highest BCUT2D eigenvalue weighted by atomic mass is 79.9. The van der Waals surface area contributed by atoms with Gasteiger partial charge in [-0.3, -0.25) is 9.59 Å². The second kappa shape index (κ2) is 9.01. The molecule has 0 heterocycles. The molecule has 0 spiro atoms. The maximum atomic E-state index is 14.2. The normalized spacial score (nSPS) is 11.6. The van der Waals surface area contributed by atoms with E-state index in [4.69, 9.17) is 0 Å². The van der Waals surface area contributed by atoms with Crippen molar-refractivity contribution in [1.29, 1.82) is 0 Å². The third kappa shape index (κ3) is 4.90. The van der Waals surface area contributed by atoms with Crippen molar-refractivity contribution in [3.8, 4) is 0 Å². The first-order valence-electron chi connectivity index (χ1n) is 9.05. The van der Waals surface area contributed by atoms with E-state index in [1.807, 2.05) is 31.2 Å². The molecule has 0 aliphatic heterocycles. The fraction of sp³-hybridized carbons (Fsp3) is 0.130. The summed E-state index contributed by atoms with van der Waals surface area (Å²) in [5.41, 5.74) is 2.02. The molecule has 2 amide bonds. The van der Waals surface area contributed by atoms with Gasteiger partial charge in [0.2, 0.25) is 0 Å². The predicted molar refractivity (Wildman–Crippen MR) is 115 cm³/mol. The number of nitrogens with one attached hydrogen (secondary N) is 1. The first-order valence-corrected chi connectivity index (χ1v) is 9.84. The molecule has 3 rings (SSSR count). The van der Waals surface area contributed by atoms with Gasteiger partial charge in [-0.1, -0.05) is 46.3 Å². The molecule has 0 saturated heterocycles. The number of halogens is 2. The van der Waals surface area contributed by atoms with Gasteiger partial charge < -0.3 is 10.2 Å². The molecule has 3 aromatic rings. The van der Waals surface area contributed by atoms with Crippen molar-refractivity contribution in [3.63, 3.8) is 0 Å². The topological polar surface area (TPSA) is 49.4 Å². The highest BCUT2D eigenvalue weighted by molar-refractivity contribution is 9.10. The number of benzene rings is 3. The van der Waals surface area contributed by atoms with E-state index in [0.717, 1.165) is 5.56 Å². The molecule has 0 radical (unpaired) electrons. The van der Waals surface area contributed by atoms with Crippen molar-refractivity contribution in [2.75, 3.05) is 12.4 Å². The van der Waals surface area contributed by atoms with E-state index in [1.54, 1.807) is 43.4 Å². The minimum absolute atomic E-state index is 0.0103. The zero-order chi connectivity index (χ0) is 21.0. The van der Waals surface area contributed by atoms with Crippen LogP contribution in [0.15, 0.2) is 77.3 Å². The van der Waals surface area contributed by atoms with E-state index in [0.29, 0.717) is 15.7 Å². The zero-order valence-electron chi connectivity index (χ0n) is 16.0. The van der Waals surface area contributed by atoms with Crippen molar-refractivity contribution in [1.82, 2.24) is 4.90 Å². The number of nitrogens with zero attached hydrogens (tertiary/aromatic N) is 1. The SMILES string of the molecule is C[C@H](c1cccc(NC(=O)c2ccccc2)c1)N(C)C(=O)c1ccc(Br)cc1F. The summed E-state index contributed by atoms with van der Waals surface area (Å²) in [6.07, 6.45) is 0. The average Bonchev–Trinajstić information content (AvgIpc) is 2.73. The van der Waals surface area contributed by atoms with Crippen molar-refractivity contribution in [2.24, 2.45) is 0 Å². The van der Waals surface area contributed by atoms with Gasteiger partial charge in [-0.05, 0) is 55.0 Å². The van der Waals surface area contributed by atoms with Crippen LogP contribution in [0.4, 0.5) is 10.1 Å². The van der Waals surface area contributed by atoms with Crippen LogP contribution in [0.1, 0.15) is 39.2 Å². The lowest BCUT2D eigenvalue weighted by atomic mass is 10.0. The molecule has 0 aliphatic carbocycles. The molecule has 148 valence electrons. The van der Waals surface area contributed by atoms with Gasteiger partial charge >= 0.3 is 0 Å². The van der Waals surface area contributed by atoms with Gasteiger partial charge in [-0.25, -0.2) is 4.39 Å². The second-order valence-corrected chi connectivity index (χ2v) is 7.58. The summed E-state index contributed by atoms with van der Waals surface area (Å²) < 4.78 is 14.7. The monoisotopic (exact) mass is 454 g/mol. The molecule has 0 unspecified atom stereocenters. The van der Waals surface area contributed by atoms with Crippen LogP contribution < -0.4 is 5.32 Å². The molecule has 3 aromatic carbocycles. The van der Waals surface area contributed by atoms with Crippen molar-refractivity contribution < 1.29 is 14.0 Å². The molecule has 0 aromatic heterocycles. The minimum atomic E-state index is -0.577. The summed E-state index contributed by atoms with van der Waals surface area (Å²) in [5, 5.41) is 2.86. The molecule has 0 saturated carbocycles. The van der Waals surface area contributed by atoms with Gasteiger partial charge in [0.25, 0.3) is 11.8 Å². The number of carbonyl (C=O) groups excluding carboxylic acids is 2. The molecule has 0 bridgehead atoms. The zero-order valence-corrected chi connectivity index (χ0v) is 17.6. The maximum absolute atomic E-state index is 14.2. The van der Waals surface area contributed by atoms with E-state index in [-0.39, 0.29) is 17.5 Å². The van der Waals surface area contributed by atoms with Crippen LogP contribution in [-0.2, 0) is 0 Å². The summed E-state index contributed by atoms with van der Waals surface area (Å²) in [6, 6.07) is 20.2. The van der Waals surface area contributed by atoms with Gasteiger partial charge in [-0.15, -0.1) is 0 Å². The average molecular weight is 455 g/mol. The quantitative estimate of drug-likeness (QED) is 0.539. The largest absolute Gasteiger partial charge is 0.335 e. The third-order valence-electron chi connectivity index (χ3n) is 4.73. The van der Waals surface area contributed by atoms with Crippen LogP contribution in [0.5, 0.6) is 0 Å². The van der Waals surface area contributed by atoms with Crippen molar-refractivity contribution in [3.05, 3.63) is 99.8 Å². The van der Waals surface area contributed by atoms with Crippen molar-refractivity contribution >= 4 is 33.4 Å². The van der Waals surface area contributed by atoms with Crippen molar-refractivity contribution in [2.45, 2.75) is 13.0 Å². The van der Waals surface area contributed by atoms with Gasteiger partial charge in [0.05, 0.1) is 11.6 Å². The Morgan fingerprint density at radius 1 is 1.00 bits per heavy atom. The Morgan fingerprint density at radius 2 is 1.72 bits per heavy atom. The lowest BCUT2D eigenvalue weighted by Crippen LogP contribution is -2.30. The summed E-state index contributed by atoms with van der Waals surface area (Å²) in [5.74, 6) is -1.20. The van der Waals surface area contributed by atoms with Crippen LogP contribution in [0.2, 0.25) is 0 Å². The Morgan fingerprint density at radius 3 is 2.41 bits per heavy atom. The van der Waals surface area contributed by atoms with E-state index in [9.17, 15) is 14.0 Å². The summed E-state index contributed by atoms with van der Waals surface area (Å²) in [4.78, 5) is 26.6. The van der Waals surface area contributed by atoms with Crippen LogP contribution in [0.3, 0.4) is 0 Å². The van der Waals surface area contributed by atoms with Crippen LogP contribution in [-0.4, -0.2) is 23.8 Å². The Labute approximate surface area is 177 Å². The fourth-order valence-corrected chi connectivity index (χ4v) is 3.25. The van der Waals surface area contributed by atoms with Gasteiger partial charge in [0.15, 0.2) is 0 Å². The lowest BCUT2D eigenvalue weighted by molar-refractivity contribution is 0.0737. The molecule has 29 heavy (non-hydrogen) atoms. The molecule has 0 fully saturated rings. The van der Waals surface area contributed by atoms with Crippen LogP contribution in [0, 0.1) is 5.82 Å². The fourth-order valence-electron chi connectivity index (χ4n) is 2.92. The first kappa shape index (κ1) is 20.7. The standard InChI is InChI=1S/C23H20BrFN2O2/c1-15(27(2)23(29)20-12-11-18(24)14-21(20)25)17-9-6-10-19(13-17)26-22(28)16-7-4-3-5-8-16/h3-15H,1-2H3,(H,26,28)/t15-/m1/s1. The molecule has 1 N–H and O–H groups in total. The minimum Gasteiger partial charge on any atom is -0.335 e. The van der Waals surface area contributed by atoms with Gasteiger partial charge in [-0.2, -0.15) is 0 Å². The van der Waals surface area contributed by atoms with Gasteiger partial charge in [0, 0.05) is 22.8 Å². The first-order chi connectivity index (χ1) is 13.9. The van der Waals surface area contributed by atoms with Crippen LogP contribution in [0.25, 0.3) is 0 Å². The summed E-state index contributed by atoms with van der Waals surface area (Å²) in [6.45, 7) is 1.85. The second-order valence-electron chi connectivity index (χ2n) is 6.66. The number of anilines is 1. The molecule has 4 nitrogen and oxygen atoms in total. The van der Waals surface area contributed by atoms with E-state index in [1.165, 1.54) is 17.0 Å². The van der Waals surface area contributed by atoms with E-state index >= 15 is 0 Å². The number of amides is 2. The Balaban J connectivity index is 1.77. The maximum Gasteiger partial charge on any atom is 0.257 e.